The Morgan fingerprint density at radius 3 is 2.47 bits per heavy atom. The fraction of sp³-hybridized carbons (Fsp3) is 0.413. The van der Waals surface area contributed by atoms with Crippen LogP contribution in [0.5, 0.6) is 0 Å². The number of carbonyl (C=O) groups excluding carboxylic acids is 4. The number of benzene rings is 3. The molecule has 2 aliphatic heterocycles. The van der Waals surface area contributed by atoms with Gasteiger partial charge >= 0.3 is 0 Å². The lowest BCUT2D eigenvalue weighted by Gasteiger charge is -2.37. The summed E-state index contributed by atoms with van der Waals surface area (Å²) in [5.41, 5.74) is 4.71. The Balaban J connectivity index is 0.801. The molecule has 2 saturated heterocycles. The molecule has 3 aromatic carbocycles. The summed E-state index contributed by atoms with van der Waals surface area (Å²) >= 11 is 1.44. The molecule has 11 nitrogen and oxygen atoms in total. The highest BCUT2D eigenvalue weighted by Gasteiger charge is 2.29. The van der Waals surface area contributed by atoms with E-state index in [9.17, 15) is 19.2 Å². The minimum absolute atomic E-state index is 0.0723. The molecular formula is C46H52FN7O4S. The predicted octanol–water partition coefficient (Wildman–Crippen LogP) is 7.11. The van der Waals surface area contributed by atoms with Crippen LogP contribution in [0.2, 0.25) is 0 Å². The number of pyridine rings is 1. The van der Waals surface area contributed by atoms with Crippen LogP contribution in [0.25, 0.3) is 32.2 Å². The molecule has 4 N–H and O–H groups in total. The lowest BCUT2D eigenvalue weighted by molar-refractivity contribution is -0.134. The third kappa shape index (κ3) is 9.02. The maximum absolute atomic E-state index is 15.6. The lowest BCUT2D eigenvalue weighted by atomic mass is 9.84. The zero-order valence-electron chi connectivity index (χ0n) is 33.7. The van der Waals surface area contributed by atoms with Gasteiger partial charge in [-0.2, -0.15) is 0 Å². The highest BCUT2D eigenvalue weighted by molar-refractivity contribution is 7.21. The highest BCUT2D eigenvalue weighted by atomic mass is 32.1. The number of hydrogen-bond acceptors (Lipinski definition) is 10. The molecule has 0 spiro atoms. The third-order valence-corrected chi connectivity index (χ3v) is 13.6. The van der Waals surface area contributed by atoms with Crippen LogP contribution in [0.1, 0.15) is 83.4 Å². The fourth-order valence-electron chi connectivity index (χ4n) is 8.84. The number of aromatic nitrogens is 1. The Labute approximate surface area is 348 Å². The van der Waals surface area contributed by atoms with E-state index < -0.39 is 5.82 Å². The number of thiophene rings is 1. The highest BCUT2D eigenvalue weighted by Crippen LogP contribution is 2.40. The Morgan fingerprint density at radius 1 is 0.983 bits per heavy atom. The number of halogens is 1. The molecule has 0 radical (unpaired) electrons. The average molecular weight is 818 g/mol. The Hall–Kier alpha value is -5.24. The number of fused-ring (bicyclic) bond motifs is 3. The van der Waals surface area contributed by atoms with Crippen LogP contribution in [0, 0.1) is 11.7 Å². The van der Waals surface area contributed by atoms with Gasteiger partial charge in [0.25, 0.3) is 5.91 Å². The standard InChI is InChI=1S/C46H52FN7O4S/c1-28(48-2)26-49-44-41(27-55)59-40-17-16-39-36(43(40)44)13-15-38(51-39)35-12-7-31(25-37(35)47)45(57)50-32-8-3-29(4-9-32)19-20-53-21-23-54(24-22-53)33-10-5-30(6-11-33)34-14-18-42(56)52-46(34)58/h5-7,10-13,15-17,25,27-29,32,34,48-49H,3-4,8-9,14,18-24,26H2,1-2H3,(H,50,57)(H,52,56,58)/t28-,29?,32?,34?/m1/s1. The largest absolute Gasteiger partial charge is 0.382 e. The maximum atomic E-state index is 15.6. The lowest BCUT2D eigenvalue weighted by Crippen LogP contribution is -2.47. The van der Waals surface area contributed by atoms with Gasteiger partial charge in [0.2, 0.25) is 11.8 Å². The van der Waals surface area contributed by atoms with Crippen LogP contribution >= 0.6 is 11.3 Å². The topological polar surface area (TPSA) is 136 Å². The normalized spacial score (nSPS) is 20.7. The number of hydrogen-bond donors (Lipinski definition) is 4. The minimum Gasteiger partial charge on any atom is -0.382 e. The smallest absolute Gasteiger partial charge is 0.251 e. The van der Waals surface area contributed by atoms with Crippen molar-refractivity contribution in [2.45, 2.75) is 69.9 Å². The minimum atomic E-state index is -0.500. The SMILES string of the molecule is CN[C@H](C)CNc1c(C=O)sc2ccc3nc(-c4ccc(C(=O)NC5CCC(CCN6CCN(c7ccc(C8CCC(=O)NC8=O)cc7)CC6)CC5)cc4F)ccc3c12. The number of piperazine rings is 1. The van der Waals surface area contributed by atoms with E-state index in [2.05, 4.69) is 50.1 Å². The van der Waals surface area contributed by atoms with Crippen molar-refractivity contribution in [3.05, 3.63) is 88.6 Å². The molecule has 13 heteroatoms. The molecule has 0 bridgehead atoms. The summed E-state index contributed by atoms with van der Waals surface area (Å²) in [6, 6.07) is 20.7. The number of imide groups is 1. The first-order valence-corrected chi connectivity index (χ1v) is 21.7. The van der Waals surface area contributed by atoms with Gasteiger partial charge in [-0.1, -0.05) is 12.1 Å². The van der Waals surface area contributed by atoms with Crippen molar-refractivity contribution >= 4 is 67.7 Å². The van der Waals surface area contributed by atoms with E-state index in [-0.39, 0.29) is 35.7 Å². The summed E-state index contributed by atoms with van der Waals surface area (Å²) in [5, 5.41) is 14.1. The first-order valence-electron chi connectivity index (χ1n) is 20.9. The van der Waals surface area contributed by atoms with Gasteiger partial charge in [0.1, 0.15) is 5.82 Å². The van der Waals surface area contributed by atoms with Crippen molar-refractivity contribution < 1.29 is 23.6 Å². The second kappa shape index (κ2) is 17.9. The van der Waals surface area contributed by atoms with E-state index in [4.69, 9.17) is 4.98 Å². The van der Waals surface area contributed by atoms with E-state index in [0.717, 1.165) is 104 Å². The van der Waals surface area contributed by atoms with Gasteiger partial charge < -0.3 is 20.9 Å². The predicted molar refractivity (Wildman–Crippen MR) is 233 cm³/mol. The van der Waals surface area contributed by atoms with E-state index in [1.807, 2.05) is 37.4 Å². The van der Waals surface area contributed by atoms with Gasteiger partial charge in [-0.25, -0.2) is 9.37 Å². The van der Waals surface area contributed by atoms with Crippen molar-refractivity contribution in [2.24, 2.45) is 5.92 Å². The van der Waals surface area contributed by atoms with Crippen LogP contribution in [0.15, 0.2) is 66.7 Å². The molecule has 1 aliphatic carbocycles. The number of nitrogens with zero attached hydrogens (tertiary/aromatic N) is 3. The summed E-state index contributed by atoms with van der Waals surface area (Å²) < 4.78 is 16.6. The molecule has 8 rings (SSSR count). The molecule has 59 heavy (non-hydrogen) atoms. The van der Waals surface area contributed by atoms with E-state index in [0.29, 0.717) is 52.5 Å². The second-order valence-electron chi connectivity index (χ2n) is 16.3. The summed E-state index contributed by atoms with van der Waals surface area (Å²) in [4.78, 5) is 59.4. The van der Waals surface area contributed by atoms with Crippen molar-refractivity contribution in [1.29, 1.82) is 0 Å². The Morgan fingerprint density at radius 2 is 1.76 bits per heavy atom. The molecule has 1 saturated carbocycles. The van der Waals surface area contributed by atoms with Crippen LogP contribution in [0.4, 0.5) is 15.8 Å². The molecule has 3 aliphatic rings. The van der Waals surface area contributed by atoms with Crippen molar-refractivity contribution in [3.8, 4) is 11.3 Å². The monoisotopic (exact) mass is 817 g/mol. The first kappa shape index (κ1) is 40.5. The van der Waals surface area contributed by atoms with Crippen molar-refractivity contribution in [3.63, 3.8) is 0 Å². The molecule has 2 atom stereocenters. The van der Waals surface area contributed by atoms with Gasteiger partial charge in [-0.3, -0.25) is 29.4 Å². The number of nitrogens with one attached hydrogen (secondary N) is 4. The first-order chi connectivity index (χ1) is 28.7. The quantitative estimate of drug-likeness (QED) is 0.0725. The van der Waals surface area contributed by atoms with Gasteiger partial charge in [0.05, 0.1) is 27.7 Å². The zero-order valence-corrected chi connectivity index (χ0v) is 34.5. The molecular weight excluding hydrogens is 766 g/mol. The van der Waals surface area contributed by atoms with Gasteiger partial charge in [0, 0.05) is 83.5 Å². The Kier molecular flexibility index (Phi) is 12.3. The van der Waals surface area contributed by atoms with E-state index >= 15 is 4.39 Å². The number of rotatable bonds is 13. The summed E-state index contributed by atoms with van der Waals surface area (Å²) in [7, 11) is 1.90. The van der Waals surface area contributed by atoms with Gasteiger partial charge in [-0.05, 0) is 125 Å². The number of amides is 3. The number of anilines is 2. The van der Waals surface area contributed by atoms with Gasteiger partial charge in [-0.15, -0.1) is 11.3 Å². The molecule has 3 amide bonds. The molecule has 2 aromatic heterocycles. The van der Waals surface area contributed by atoms with Gasteiger partial charge in [0.15, 0.2) is 6.29 Å². The number of aldehydes is 1. The van der Waals surface area contributed by atoms with Crippen LogP contribution in [-0.4, -0.2) is 92.3 Å². The average Bonchev–Trinajstić information content (AvgIpc) is 3.63. The Bertz CT molecular complexity index is 2350. The summed E-state index contributed by atoms with van der Waals surface area (Å²) in [5.74, 6) is -0.785. The molecule has 1 unspecified atom stereocenters. The molecule has 308 valence electrons. The zero-order chi connectivity index (χ0) is 41.0. The van der Waals surface area contributed by atoms with Crippen molar-refractivity contribution in [1.82, 2.24) is 25.8 Å². The number of likely N-dealkylation sites (N-methyl/N-ethyl adjacent to an activating group) is 1. The van der Waals surface area contributed by atoms with E-state index in [1.54, 1.807) is 18.2 Å². The molecule has 4 heterocycles. The van der Waals surface area contributed by atoms with Crippen LogP contribution < -0.4 is 26.2 Å². The molecule has 5 aromatic rings. The molecule has 3 fully saturated rings. The maximum Gasteiger partial charge on any atom is 0.251 e. The summed E-state index contributed by atoms with van der Waals surface area (Å²) in [6.07, 6.45) is 6.92. The van der Waals surface area contributed by atoms with E-state index in [1.165, 1.54) is 17.4 Å². The third-order valence-electron chi connectivity index (χ3n) is 12.5. The second-order valence-corrected chi connectivity index (χ2v) is 17.4. The number of piperidine rings is 1. The summed E-state index contributed by atoms with van der Waals surface area (Å²) in [6.45, 7) is 7.69. The number of carbonyl (C=O) groups is 4. The van der Waals surface area contributed by atoms with Crippen LogP contribution in [0.3, 0.4) is 0 Å². The fourth-order valence-corrected chi connectivity index (χ4v) is 9.85. The van der Waals surface area contributed by atoms with Crippen LogP contribution in [-0.2, 0) is 9.59 Å². The van der Waals surface area contributed by atoms with Crippen molar-refractivity contribution in [2.75, 3.05) is 56.5 Å².